The minimum Gasteiger partial charge on any atom is -0.391 e. The Balaban J connectivity index is 1.74. The molecule has 0 amide bonds. The molecular formula is C15H27NO3. The zero-order chi connectivity index (χ0) is 13.1. The fraction of sp³-hybridized carbons (Fsp3) is 1.00. The maximum atomic E-state index is 11.0. The van der Waals surface area contributed by atoms with Crippen LogP contribution >= 0.6 is 0 Å². The highest BCUT2D eigenvalue weighted by Crippen LogP contribution is 2.42. The molecule has 3 aliphatic rings. The maximum Gasteiger partial charge on any atom is 0.0773 e. The summed E-state index contributed by atoms with van der Waals surface area (Å²) in [4.78, 5) is 2.52. The second-order valence-corrected chi connectivity index (χ2v) is 6.33. The van der Waals surface area contributed by atoms with Gasteiger partial charge in [-0.05, 0) is 25.7 Å². The predicted octanol–water partition coefficient (Wildman–Crippen LogP) is 1.42. The Bertz CT molecular complexity index is 279. The van der Waals surface area contributed by atoms with E-state index in [1.807, 2.05) is 0 Å². The molecule has 2 heterocycles. The first-order chi connectivity index (χ1) is 9.33. The molecule has 0 aromatic rings. The van der Waals surface area contributed by atoms with Gasteiger partial charge >= 0.3 is 0 Å². The lowest BCUT2D eigenvalue weighted by Gasteiger charge is -2.49. The van der Waals surface area contributed by atoms with E-state index >= 15 is 0 Å². The van der Waals surface area contributed by atoms with Crippen LogP contribution in [0.3, 0.4) is 0 Å². The van der Waals surface area contributed by atoms with Crippen molar-refractivity contribution < 1.29 is 14.6 Å². The largest absolute Gasteiger partial charge is 0.391 e. The van der Waals surface area contributed by atoms with Crippen molar-refractivity contribution in [1.29, 1.82) is 0 Å². The molecule has 19 heavy (non-hydrogen) atoms. The monoisotopic (exact) mass is 269 g/mol. The van der Waals surface area contributed by atoms with Gasteiger partial charge in [0.1, 0.15) is 0 Å². The highest BCUT2D eigenvalue weighted by molar-refractivity contribution is 5.03. The lowest BCUT2D eigenvalue weighted by Crippen LogP contribution is -2.61. The van der Waals surface area contributed by atoms with Gasteiger partial charge in [-0.25, -0.2) is 0 Å². The summed E-state index contributed by atoms with van der Waals surface area (Å²) in [6, 6.07) is 0. The van der Waals surface area contributed by atoms with Gasteiger partial charge in [0, 0.05) is 31.2 Å². The summed E-state index contributed by atoms with van der Waals surface area (Å²) < 4.78 is 11.1. The first-order valence-corrected chi connectivity index (χ1v) is 7.91. The van der Waals surface area contributed by atoms with Crippen LogP contribution in [0.1, 0.15) is 38.5 Å². The van der Waals surface area contributed by atoms with Gasteiger partial charge in [-0.15, -0.1) is 0 Å². The van der Waals surface area contributed by atoms with Crippen molar-refractivity contribution in [2.24, 2.45) is 5.92 Å². The van der Waals surface area contributed by atoms with Crippen molar-refractivity contribution in [2.45, 2.75) is 50.2 Å². The molecule has 0 bridgehead atoms. The molecule has 0 aromatic carbocycles. The van der Waals surface area contributed by atoms with E-state index in [1.54, 1.807) is 0 Å². The van der Waals surface area contributed by atoms with Gasteiger partial charge in [-0.1, -0.05) is 12.8 Å². The zero-order valence-corrected chi connectivity index (χ0v) is 11.9. The van der Waals surface area contributed by atoms with Crippen LogP contribution in [0, 0.1) is 5.92 Å². The van der Waals surface area contributed by atoms with Gasteiger partial charge in [-0.2, -0.15) is 0 Å². The van der Waals surface area contributed by atoms with Crippen LogP contribution in [0.2, 0.25) is 0 Å². The smallest absolute Gasteiger partial charge is 0.0773 e. The standard InChI is InChI=1S/C15H27NO3/c17-14(13-4-3-9-19-12-13)15(5-1-2-6-15)16-7-10-18-11-8-16/h13-14,17H,1-12H2. The molecule has 4 nitrogen and oxygen atoms in total. The van der Waals surface area contributed by atoms with E-state index < -0.39 is 0 Å². The Hall–Kier alpha value is -0.160. The van der Waals surface area contributed by atoms with Crippen LogP contribution in [-0.2, 0) is 9.47 Å². The normalized spacial score (nSPS) is 34.3. The molecule has 1 N–H and O–H groups in total. The number of ether oxygens (including phenoxy) is 2. The Morgan fingerprint density at radius 2 is 1.74 bits per heavy atom. The maximum absolute atomic E-state index is 11.0. The molecule has 1 aliphatic carbocycles. The van der Waals surface area contributed by atoms with Crippen molar-refractivity contribution in [2.75, 3.05) is 39.5 Å². The van der Waals surface area contributed by atoms with Gasteiger partial charge < -0.3 is 14.6 Å². The lowest BCUT2D eigenvalue weighted by atomic mass is 9.78. The number of hydrogen-bond donors (Lipinski definition) is 1. The topological polar surface area (TPSA) is 41.9 Å². The van der Waals surface area contributed by atoms with Gasteiger partial charge in [-0.3, -0.25) is 4.90 Å². The average Bonchev–Trinajstić information content (AvgIpc) is 2.99. The minimum atomic E-state index is -0.228. The third kappa shape index (κ3) is 2.68. The summed E-state index contributed by atoms with van der Waals surface area (Å²) in [5.74, 6) is 0.328. The van der Waals surface area contributed by atoms with Gasteiger partial charge in [0.25, 0.3) is 0 Å². The quantitative estimate of drug-likeness (QED) is 0.841. The highest BCUT2D eigenvalue weighted by Gasteiger charge is 2.48. The van der Waals surface area contributed by atoms with Crippen LogP contribution in [0.25, 0.3) is 0 Å². The summed E-state index contributed by atoms with van der Waals surface area (Å²) in [6.45, 7) is 5.20. The van der Waals surface area contributed by atoms with Crippen molar-refractivity contribution in [3.05, 3.63) is 0 Å². The van der Waals surface area contributed by atoms with Crippen LogP contribution < -0.4 is 0 Å². The fourth-order valence-electron chi connectivity index (χ4n) is 4.25. The molecule has 3 fully saturated rings. The third-order valence-corrected chi connectivity index (χ3v) is 5.30. The van der Waals surface area contributed by atoms with E-state index in [-0.39, 0.29) is 11.6 Å². The summed E-state index contributed by atoms with van der Waals surface area (Å²) in [6.07, 6.45) is 6.78. The molecule has 2 atom stereocenters. The molecule has 0 radical (unpaired) electrons. The Kier molecular flexibility index (Phi) is 4.42. The van der Waals surface area contributed by atoms with Crippen LogP contribution in [0.5, 0.6) is 0 Å². The number of hydrogen-bond acceptors (Lipinski definition) is 4. The molecule has 2 aliphatic heterocycles. The minimum absolute atomic E-state index is 0.00907. The molecule has 0 aromatic heterocycles. The van der Waals surface area contributed by atoms with E-state index in [0.29, 0.717) is 5.92 Å². The molecule has 3 rings (SSSR count). The van der Waals surface area contributed by atoms with E-state index in [2.05, 4.69) is 4.90 Å². The molecular weight excluding hydrogens is 242 g/mol. The molecule has 0 spiro atoms. The van der Waals surface area contributed by atoms with Gasteiger partial charge in [0.15, 0.2) is 0 Å². The van der Waals surface area contributed by atoms with Gasteiger partial charge in [0.2, 0.25) is 0 Å². The predicted molar refractivity (Wildman–Crippen MR) is 73.1 cm³/mol. The number of aliphatic hydroxyl groups is 1. The number of aliphatic hydroxyl groups excluding tert-OH is 1. The average molecular weight is 269 g/mol. The second-order valence-electron chi connectivity index (χ2n) is 6.33. The third-order valence-electron chi connectivity index (χ3n) is 5.30. The summed E-state index contributed by atoms with van der Waals surface area (Å²) in [5.41, 5.74) is 0.00907. The first-order valence-electron chi connectivity index (χ1n) is 7.91. The fourth-order valence-corrected chi connectivity index (χ4v) is 4.25. The second kappa shape index (κ2) is 6.08. The van der Waals surface area contributed by atoms with Crippen molar-refractivity contribution in [3.8, 4) is 0 Å². The van der Waals surface area contributed by atoms with Crippen LogP contribution in [0.4, 0.5) is 0 Å². The SMILES string of the molecule is OC(C1CCCOC1)C1(N2CCOCC2)CCCC1. The van der Waals surface area contributed by atoms with E-state index in [1.165, 1.54) is 12.8 Å². The summed E-state index contributed by atoms with van der Waals surface area (Å²) in [7, 11) is 0. The summed E-state index contributed by atoms with van der Waals surface area (Å²) in [5, 5.41) is 11.0. The van der Waals surface area contributed by atoms with E-state index in [4.69, 9.17) is 9.47 Å². The van der Waals surface area contributed by atoms with Crippen molar-refractivity contribution in [3.63, 3.8) is 0 Å². The molecule has 1 saturated carbocycles. The lowest BCUT2D eigenvalue weighted by molar-refractivity contribution is -0.114. The number of nitrogens with zero attached hydrogens (tertiary/aromatic N) is 1. The Morgan fingerprint density at radius 1 is 1.00 bits per heavy atom. The van der Waals surface area contributed by atoms with Crippen molar-refractivity contribution >= 4 is 0 Å². The highest BCUT2D eigenvalue weighted by atomic mass is 16.5. The van der Waals surface area contributed by atoms with E-state index in [9.17, 15) is 5.11 Å². The Morgan fingerprint density at radius 3 is 2.37 bits per heavy atom. The number of rotatable bonds is 3. The van der Waals surface area contributed by atoms with Crippen molar-refractivity contribution in [1.82, 2.24) is 4.90 Å². The molecule has 110 valence electrons. The zero-order valence-electron chi connectivity index (χ0n) is 11.9. The van der Waals surface area contributed by atoms with Crippen LogP contribution in [0.15, 0.2) is 0 Å². The van der Waals surface area contributed by atoms with E-state index in [0.717, 1.165) is 65.2 Å². The van der Waals surface area contributed by atoms with Crippen LogP contribution in [-0.4, -0.2) is 61.2 Å². The number of morpholine rings is 1. The molecule has 2 unspecified atom stereocenters. The van der Waals surface area contributed by atoms with Gasteiger partial charge in [0.05, 0.1) is 25.9 Å². The Labute approximate surface area is 116 Å². The summed E-state index contributed by atoms with van der Waals surface area (Å²) >= 11 is 0. The molecule has 2 saturated heterocycles. The first kappa shape index (κ1) is 13.8. The molecule has 4 heteroatoms.